The molecule has 5 rings (SSSR count). The van der Waals surface area contributed by atoms with Crippen LogP contribution in [-0.2, 0) is 13.0 Å². The number of nitrogens with zero attached hydrogens (tertiary/aromatic N) is 5. The van der Waals surface area contributed by atoms with Crippen LogP contribution in [0.4, 0.5) is 0 Å². The van der Waals surface area contributed by atoms with E-state index in [1.165, 1.54) is 23.8 Å². The zero-order chi connectivity index (χ0) is 26.3. The van der Waals surface area contributed by atoms with E-state index < -0.39 is 0 Å². The number of rotatable bonds is 10. The fraction of sp³-hybridized carbons (Fsp3) is 0.433. The van der Waals surface area contributed by atoms with Gasteiger partial charge in [0.25, 0.3) is 0 Å². The second kappa shape index (κ2) is 12.2. The van der Waals surface area contributed by atoms with Gasteiger partial charge in [0.15, 0.2) is 0 Å². The van der Waals surface area contributed by atoms with E-state index in [4.69, 9.17) is 0 Å². The van der Waals surface area contributed by atoms with E-state index in [-0.39, 0.29) is 11.6 Å². The van der Waals surface area contributed by atoms with Gasteiger partial charge in [0.1, 0.15) is 0 Å². The summed E-state index contributed by atoms with van der Waals surface area (Å²) in [7, 11) is 0. The summed E-state index contributed by atoms with van der Waals surface area (Å²) in [6.07, 6.45) is 12.1. The zero-order valence-electron chi connectivity index (χ0n) is 22.1. The normalized spacial score (nSPS) is 14.1. The molecule has 2 heterocycles. The maximum Gasteiger partial charge on any atom is 0.335 e. The van der Waals surface area contributed by atoms with Crippen molar-refractivity contribution >= 4 is 5.91 Å². The van der Waals surface area contributed by atoms with Crippen LogP contribution in [0.3, 0.4) is 0 Å². The van der Waals surface area contributed by atoms with Gasteiger partial charge in [-0.3, -0.25) is 9.36 Å². The molecule has 2 aromatic carbocycles. The van der Waals surface area contributed by atoms with Crippen LogP contribution in [0.15, 0.2) is 59.5 Å². The summed E-state index contributed by atoms with van der Waals surface area (Å²) in [5.41, 5.74) is 4.68. The largest absolute Gasteiger partial charge is 0.335 e. The molecule has 0 spiro atoms. The Hall–Kier alpha value is -3.81. The van der Waals surface area contributed by atoms with Gasteiger partial charge in [-0.25, -0.2) is 9.36 Å². The molecule has 0 atom stereocenters. The molecule has 1 saturated carbocycles. The first kappa shape index (κ1) is 25.8. The van der Waals surface area contributed by atoms with Crippen LogP contribution in [0.5, 0.6) is 0 Å². The van der Waals surface area contributed by atoms with E-state index in [9.17, 15) is 9.59 Å². The highest BCUT2D eigenvalue weighted by atomic mass is 16.2. The van der Waals surface area contributed by atoms with Crippen molar-refractivity contribution in [1.82, 2.24) is 29.8 Å². The lowest BCUT2D eigenvalue weighted by Gasteiger charge is -2.20. The molecule has 1 aliphatic rings. The molecule has 0 bridgehead atoms. The van der Waals surface area contributed by atoms with E-state index in [1.807, 2.05) is 36.4 Å². The number of imidazole rings is 1. The second-order valence-electron chi connectivity index (χ2n) is 10.4. The van der Waals surface area contributed by atoms with Gasteiger partial charge in [0, 0.05) is 23.9 Å². The molecular formula is C30H36N6O2. The lowest BCUT2D eigenvalue weighted by atomic mass is 9.87. The molecule has 2 aromatic heterocycles. The van der Waals surface area contributed by atoms with Gasteiger partial charge in [-0.15, -0.1) is 10.2 Å². The first-order valence-electron chi connectivity index (χ1n) is 13.9. The van der Waals surface area contributed by atoms with Gasteiger partial charge < -0.3 is 0 Å². The van der Waals surface area contributed by atoms with Crippen LogP contribution in [0, 0.1) is 5.92 Å². The number of carbonyl (C=O) groups is 1. The Morgan fingerprint density at radius 1 is 1.00 bits per heavy atom. The number of aryl methyl sites for hydroxylation is 1. The van der Waals surface area contributed by atoms with Crippen molar-refractivity contribution in [1.29, 1.82) is 0 Å². The lowest BCUT2D eigenvalue weighted by Crippen LogP contribution is -2.30. The number of carbonyl (C=O) groups excluding carboxylic acids is 1. The average molecular weight is 513 g/mol. The minimum Gasteiger partial charge on any atom is -0.292 e. The second-order valence-corrected chi connectivity index (χ2v) is 10.4. The van der Waals surface area contributed by atoms with Crippen LogP contribution < -0.4 is 5.69 Å². The Morgan fingerprint density at radius 3 is 2.47 bits per heavy atom. The number of tetrazole rings is 1. The van der Waals surface area contributed by atoms with Crippen LogP contribution in [0.1, 0.15) is 80.8 Å². The predicted octanol–water partition coefficient (Wildman–Crippen LogP) is 5.89. The number of aromatic nitrogens is 6. The van der Waals surface area contributed by atoms with Crippen LogP contribution in [0.2, 0.25) is 0 Å². The first-order valence-corrected chi connectivity index (χ1v) is 13.9. The summed E-state index contributed by atoms with van der Waals surface area (Å²) < 4.78 is 3.17. The molecule has 1 fully saturated rings. The molecule has 0 saturated heterocycles. The highest BCUT2D eigenvalue weighted by molar-refractivity contribution is 5.80. The minimum absolute atomic E-state index is 0.0641. The van der Waals surface area contributed by atoms with E-state index in [2.05, 4.69) is 39.7 Å². The Balaban J connectivity index is 1.38. The van der Waals surface area contributed by atoms with Gasteiger partial charge in [0.05, 0.1) is 6.54 Å². The minimum atomic E-state index is -0.219. The molecule has 1 N–H and O–H groups in total. The van der Waals surface area contributed by atoms with Crippen molar-refractivity contribution in [3.05, 3.63) is 76.5 Å². The molecule has 4 aromatic rings. The molecule has 0 radical (unpaired) electrons. The van der Waals surface area contributed by atoms with Crippen molar-refractivity contribution < 1.29 is 4.79 Å². The number of benzene rings is 2. The number of nitrogens with one attached hydrogen (secondary N) is 1. The van der Waals surface area contributed by atoms with E-state index in [1.54, 1.807) is 10.8 Å². The number of H-pyrrole nitrogens is 1. The Kier molecular flexibility index (Phi) is 8.26. The monoisotopic (exact) mass is 512 g/mol. The third kappa shape index (κ3) is 5.85. The van der Waals surface area contributed by atoms with Gasteiger partial charge in [-0.2, -0.15) is 5.21 Å². The molecule has 38 heavy (non-hydrogen) atoms. The van der Waals surface area contributed by atoms with Crippen molar-refractivity contribution in [3.8, 4) is 22.5 Å². The highest BCUT2D eigenvalue weighted by Gasteiger charge is 2.22. The third-order valence-electron chi connectivity index (χ3n) is 7.67. The van der Waals surface area contributed by atoms with Crippen molar-refractivity contribution in [2.45, 2.75) is 77.7 Å². The Bertz CT molecular complexity index is 1400. The van der Waals surface area contributed by atoms with E-state index >= 15 is 0 Å². The summed E-state index contributed by atoms with van der Waals surface area (Å²) in [5, 5.41) is 14.5. The molecule has 8 heteroatoms. The quantitative estimate of drug-likeness (QED) is 0.267. The number of aromatic amines is 1. The molecule has 0 aliphatic heterocycles. The first-order chi connectivity index (χ1) is 18.6. The predicted molar refractivity (Wildman–Crippen MR) is 148 cm³/mol. The maximum absolute atomic E-state index is 13.5. The summed E-state index contributed by atoms with van der Waals surface area (Å²) in [5.74, 6) is 0.885. The standard InChI is InChI=1S/C30H36N6O2/c1-2-3-5-12-25-21-36(28(37)19-22-10-6-4-7-11-22)30(38)35(25)20-23-15-17-24(18-16-23)26-13-8-9-14-27(26)29-31-33-34-32-29/h8-9,13-18,21-22H,2-7,10-12,19-20H2,1H3,(H,31,32,33,34). The maximum atomic E-state index is 13.5. The van der Waals surface area contributed by atoms with Crippen molar-refractivity contribution in [2.24, 2.45) is 5.92 Å². The fourth-order valence-electron chi connectivity index (χ4n) is 5.54. The summed E-state index contributed by atoms with van der Waals surface area (Å²) in [6.45, 7) is 2.61. The van der Waals surface area contributed by atoms with Crippen LogP contribution >= 0.6 is 0 Å². The number of hydrogen-bond acceptors (Lipinski definition) is 5. The van der Waals surface area contributed by atoms with E-state index in [0.717, 1.165) is 66.5 Å². The van der Waals surface area contributed by atoms with Crippen molar-refractivity contribution in [2.75, 3.05) is 0 Å². The number of hydrogen-bond donors (Lipinski definition) is 1. The van der Waals surface area contributed by atoms with Gasteiger partial charge >= 0.3 is 5.69 Å². The number of unbranched alkanes of at least 4 members (excludes halogenated alkanes) is 2. The SMILES string of the molecule is CCCCCc1cn(C(=O)CC2CCCCC2)c(=O)n1Cc1ccc(-c2ccccc2-c2nn[nH]n2)cc1. The lowest BCUT2D eigenvalue weighted by molar-refractivity contribution is 0.0863. The van der Waals surface area contributed by atoms with Crippen LogP contribution in [0.25, 0.3) is 22.5 Å². The van der Waals surface area contributed by atoms with Crippen LogP contribution in [-0.4, -0.2) is 35.7 Å². The molecule has 1 aliphatic carbocycles. The molecule has 0 amide bonds. The van der Waals surface area contributed by atoms with Gasteiger partial charge in [-0.05, 0) is 53.5 Å². The fourth-order valence-corrected chi connectivity index (χ4v) is 5.54. The Labute approximate surface area is 223 Å². The molecule has 8 nitrogen and oxygen atoms in total. The third-order valence-corrected chi connectivity index (χ3v) is 7.67. The summed E-state index contributed by atoms with van der Waals surface area (Å²) in [4.78, 5) is 26.6. The van der Waals surface area contributed by atoms with Crippen molar-refractivity contribution in [3.63, 3.8) is 0 Å². The zero-order valence-corrected chi connectivity index (χ0v) is 22.1. The molecule has 198 valence electrons. The van der Waals surface area contributed by atoms with Gasteiger partial charge in [0.2, 0.25) is 11.7 Å². The highest BCUT2D eigenvalue weighted by Crippen LogP contribution is 2.30. The average Bonchev–Trinajstić information content (AvgIpc) is 3.59. The smallest absolute Gasteiger partial charge is 0.292 e. The molecular weight excluding hydrogens is 476 g/mol. The topological polar surface area (TPSA) is 98.5 Å². The molecule has 0 unspecified atom stereocenters. The van der Waals surface area contributed by atoms with E-state index in [0.29, 0.717) is 24.7 Å². The van der Waals surface area contributed by atoms with Gasteiger partial charge in [-0.1, -0.05) is 87.6 Å². The Morgan fingerprint density at radius 2 is 1.76 bits per heavy atom. The summed E-state index contributed by atoms with van der Waals surface area (Å²) in [6, 6.07) is 16.2. The summed E-state index contributed by atoms with van der Waals surface area (Å²) >= 11 is 0.